The van der Waals surface area contributed by atoms with Crippen molar-refractivity contribution in [2.45, 2.75) is 40.7 Å². The van der Waals surface area contributed by atoms with E-state index in [4.69, 9.17) is 4.42 Å². The molecule has 1 atom stereocenters. The van der Waals surface area contributed by atoms with Crippen LogP contribution in [0.1, 0.15) is 51.9 Å². The molecule has 0 saturated heterocycles. The van der Waals surface area contributed by atoms with E-state index in [-0.39, 0.29) is 11.9 Å². The molecule has 0 radical (unpaired) electrons. The van der Waals surface area contributed by atoms with Gasteiger partial charge in [-0.15, -0.1) is 10.2 Å². The number of amides is 1. The summed E-state index contributed by atoms with van der Waals surface area (Å²) in [6, 6.07) is 5.39. The van der Waals surface area contributed by atoms with Crippen LogP contribution >= 0.6 is 0 Å². The normalized spacial score (nSPS) is 12.4. The number of hydrogen-bond donors (Lipinski definition) is 1. The molecular weight excluding hydrogens is 304 g/mol. The number of rotatable bonds is 3. The predicted molar refractivity (Wildman–Crippen MR) is 90.9 cm³/mol. The van der Waals surface area contributed by atoms with E-state index in [2.05, 4.69) is 20.5 Å². The van der Waals surface area contributed by atoms with E-state index in [9.17, 15) is 4.79 Å². The molecule has 3 rings (SSSR count). The van der Waals surface area contributed by atoms with Crippen LogP contribution in [0.3, 0.4) is 0 Å². The molecule has 0 saturated carbocycles. The average Bonchev–Trinajstić information content (AvgIpc) is 2.97. The number of benzene rings is 1. The summed E-state index contributed by atoms with van der Waals surface area (Å²) in [5.74, 6) is 0.683. The Kier molecular flexibility index (Phi) is 4.05. The third-order valence-electron chi connectivity index (χ3n) is 4.14. The number of aromatic nitrogens is 3. The van der Waals surface area contributed by atoms with E-state index in [1.807, 2.05) is 39.8 Å². The molecule has 0 aliphatic heterocycles. The summed E-state index contributed by atoms with van der Waals surface area (Å²) >= 11 is 0. The summed E-state index contributed by atoms with van der Waals surface area (Å²) in [6.45, 7) is 9.49. The van der Waals surface area contributed by atoms with Crippen LogP contribution in [0.2, 0.25) is 0 Å². The molecule has 0 aliphatic carbocycles. The van der Waals surface area contributed by atoms with Crippen molar-refractivity contribution in [3.8, 4) is 0 Å². The minimum Gasteiger partial charge on any atom is -0.423 e. The van der Waals surface area contributed by atoms with Crippen molar-refractivity contribution < 1.29 is 9.21 Å². The monoisotopic (exact) mass is 324 g/mol. The molecule has 2 heterocycles. The van der Waals surface area contributed by atoms with Crippen LogP contribution in [-0.2, 0) is 0 Å². The summed E-state index contributed by atoms with van der Waals surface area (Å²) in [5, 5.41) is 11.5. The minimum atomic E-state index is -0.367. The van der Waals surface area contributed by atoms with Crippen LogP contribution < -0.4 is 5.32 Å². The number of hydrogen-bond acceptors (Lipinski definition) is 5. The van der Waals surface area contributed by atoms with Gasteiger partial charge in [-0.25, -0.2) is 0 Å². The number of carbonyl (C=O) groups is 1. The summed E-state index contributed by atoms with van der Waals surface area (Å²) in [5.41, 5.74) is 4.51. The van der Waals surface area contributed by atoms with Crippen molar-refractivity contribution in [1.82, 2.24) is 20.5 Å². The molecule has 0 spiro atoms. The lowest BCUT2D eigenvalue weighted by Gasteiger charge is -2.14. The fourth-order valence-corrected chi connectivity index (χ4v) is 2.67. The molecule has 0 bridgehead atoms. The number of nitrogens with one attached hydrogen (secondary N) is 1. The Morgan fingerprint density at radius 1 is 1.17 bits per heavy atom. The van der Waals surface area contributed by atoms with Gasteiger partial charge in [-0.1, -0.05) is 12.1 Å². The molecule has 1 amide bonds. The van der Waals surface area contributed by atoms with Gasteiger partial charge in [-0.2, -0.15) is 0 Å². The summed E-state index contributed by atoms with van der Waals surface area (Å²) in [4.78, 5) is 17.4. The first-order valence-electron chi connectivity index (χ1n) is 7.85. The van der Waals surface area contributed by atoms with Crippen LogP contribution in [0.25, 0.3) is 10.9 Å². The van der Waals surface area contributed by atoms with Crippen molar-refractivity contribution in [3.63, 3.8) is 0 Å². The smallest absolute Gasteiger partial charge is 0.252 e. The second-order valence-corrected chi connectivity index (χ2v) is 6.07. The summed E-state index contributed by atoms with van der Waals surface area (Å²) in [7, 11) is 0. The Labute approximate surface area is 140 Å². The van der Waals surface area contributed by atoms with Crippen molar-refractivity contribution in [3.05, 3.63) is 52.4 Å². The first-order valence-corrected chi connectivity index (χ1v) is 7.85. The van der Waals surface area contributed by atoms with Gasteiger partial charge in [-0.05, 0) is 44.9 Å². The number of fused-ring (bicyclic) bond motifs is 1. The van der Waals surface area contributed by atoms with E-state index in [1.54, 1.807) is 13.0 Å². The predicted octanol–water partition coefficient (Wildman–Crippen LogP) is 3.34. The first kappa shape index (κ1) is 16.1. The van der Waals surface area contributed by atoms with Gasteiger partial charge < -0.3 is 9.73 Å². The summed E-state index contributed by atoms with van der Waals surface area (Å²) in [6.07, 6.45) is 0. The minimum absolute atomic E-state index is 0.183. The van der Waals surface area contributed by atoms with Gasteiger partial charge in [0.05, 0.1) is 11.1 Å². The quantitative estimate of drug-likeness (QED) is 0.799. The van der Waals surface area contributed by atoms with Crippen LogP contribution in [0.4, 0.5) is 0 Å². The second-order valence-electron chi connectivity index (χ2n) is 6.07. The molecule has 3 aromatic rings. The fourth-order valence-electron chi connectivity index (χ4n) is 2.67. The Morgan fingerprint density at radius 3 is 2.58 bits per heavy atom. The zero-order valence-electron chi connectivity index (χ0n) is 14.5. The van der Waals surface area contributed by atoms with Crippen LogP contribution in [0, 0.1) is 27.7 Å². The lowest BCUT2D eigenvalue weighted by molar-refractivity contribution is 0.0935. The van der Waals surface area contributed by atoms with E-state index in [0.29, 0.717) is 17.3 Å². The van der Waals surface area contributed by atoms with Crippen molar-refractivity contribution >= 4 is 16.8 Å². The van der Waals surface area contributed by atoms with E-state index >= 15 is 0 Å². The maximum atomic E-state index is 12.8. The van der Waals surface area contributed by atoms with Crippen LogP contribution in [0.15, 0.2) is 22.6 Å². The molecule has 6 heteroatoms. The lowest BCUT2D eigenvalue weighted by Crippen LogP contribution is -2.27. The van der Waals surface area contributed by atoms with Crippen molar-refractivity contribution in [1.29, 1.82) is 0 Å². The van der Waals surface area contributed by atoms with E-state index in [1.165, 1.54) is 0 Å². The highest BCUT2D eigenvalue weighted by molar-refractivity contribution is 6.07. The Morgan fingerprint density at radius 2 is 1.92 bits per heavy atom. The van der Waals surface area contributed by atoms with Crippen LogP contribution in [-0.4, -0.2) is 21.1 Å². The van der Waals surface area contributed by atoms with Gasteiger partial charge in [-0.3, -0.25) is 9.78 Å². The Bertz CT molecular complexity index is 930. The van der Waals surface area contributed by atoms with Gasteiger partial charge in [0.1, 0.15) is 6.04 Å². The molecule has 124 valence electrons. The third kappa shape index (κ3) is 2.87. The van der Waals surface area contributed by atoms with Gasteiger partial charge >= 0.3 is 0 Å². The maximum Gasteiger partial charge on any atom is 0.252 e. The number of nitrogens with zero attached hydrogens (tertiary/aromatic N) is 3. The van der Waals surface area contributed by atoms with E-state index in [0.717, 1.165) is 27.7 Å². The third-order valence-corrected chi connectivity index (χ3v) is 4.14. The SMILES string of the molecule is Cc1cc(C(=O)N[C@@H](C)c2nnc(C)o2)c2ccc(C)c(C)c2n1. The molecule has 24 heavy (non-hydrogen) atoms. The molecular formula is C18H20N4O2. The van der Waals surface area contributed by atoms with Crippen molar-refractivity contribution in [2.75, 3.05) is 0 Å². The molecule has 0 unspecified atom stereocenters. The summed E-state index contributed by atoms with van der Waals surface area (Å²) < 4.78 is 5.38. The standard InChI is InChI=1S/C18H20N4O2/c1-9-6-7-14-15(8-10(2)19-16(14)11(9)3)17(23)20-12(4)18-22-21-13(5)24-18/h6-8,12H,1-5H3,(H,20,23)/t12-/m0/s1. The second kappa shape index (κ2) is 6.03. The number of pyridine rings is 1. The average molecular weight is 324 g/mol. The molecule has 0 aliphatic rings. The highest BCUT2D eigenvalue weighted by Crippen LogP contribution is 2.24. The van der Waals surface area contributed by atoms with Gasteiger partial charge in [0.25, 0.3) is 5.91 Å². The van der Waals surface area contributed by atoms with Crippen molar-refractivity contribution in [2.24, 2.45) is 0 Å². The molecule has 2 aromatic heterocycles. The number of aryl methyl sites for hydroxylation is 4. The van der Waals surface area contributed by atoms with Crippen LogP contribution in [0.5, 0.6) is 0 Å². The Balaban J connectivity index is 1.99. The van der Waals surface area contributed by atoms with E-state index < -0.39 is 0 Å². The lowest BCUT2D eigenvalue weighted by atomic mass is 10.0. The zero-order chi connectivity index (χ0) is 17.4. The number of carbonyl (C=O) groups excluding carboxylic acids is 1. The fraction of sp³-hybridized carbons (Fsp3) is 0.333. The van der Waals surface area contributed by atoms with Gasteiger partial charge in [0, 0.05) is 18.0 Å². The largest absolute Gasteiger partial charge is 0.423 e. The highest BCUT2D eigenvalue weighted by Gasteiger charge is 2.19. The first-order chi connectivity index (χ1) is 11.4. The molecule has 1 N–H and O–H groups in total. The maximum absolute atomic E-state index is 12.8. The topological polar surface area (TPSA) is 80.9 Å². The van der Waals surface area contributed by atoms with Gasteiger partial charge in [0.15, 0.2) is 0 Å². The Hall–Kier alpha value is -2.76. The molecule has 0 fully saturated rings. The highest BCUT2D eigenvalue weighted by atomic mass is 16.4. The zero-order valence-corrected chi connectivity index (χ0v) is 14.5. The van der Waals surface area contributed by atoms with Gasteiger partial charge in [0.2, 0.25) is 11.8 Å². The molecule has 6 nitrogen and oxygen atoms in total. The molecule has 1 aromatic carbocycles.